The van der Waals surface area contributed by atoms with E-state index in [0.29, 0.717) is 28.7 Å². The van der Waals surface area contributed by atoms with Gasteiger partial charge in [0.2, 0.25) is 0 Å². The van der Waals surface area contributed by atoms with E-state index in [4.69, 9.17) is 28.9 Å². The van der Waals surface area contributed by atoms with E-state index in [1.54, 1.807) is 18.2 Å². The van der Waals surface area contributed by atoms with E-state index in [9.17, 15) is 4.39 Å². The number of hydrogen-bond acceptors (Lipinski definition) is 2. The lowest BCUT2D eigenvalue weighted by Gasteiger charge is -2.28. The first-order chi connectivity index (χ1) is 10.0. The normalized spacial score (nSPS) is 12.7. The van der Waals surface area contributed by atoms with Gasteiger partial charge in [-0.3, -0.25) is 4.90 Å². The van der Waals surface area contributed by atoms with Crippen LogP contribution in [0.2, 0.25) is 10.0 Å². The molecule has 0 saturated heterocycles. The highest BCUT2D eigenvalue weighted by Gasteiger charge is 2.20. The first-order valence-electron chi connectivity index (χ1n) is 6.62. The maximum absolute atomic E-state index is 13.8. The van der Waals surface area contributed by atoms with Crippen LogP contribution < -0.4 is 5.73 Å². The molecule has 0 bridgehead atoms. The molecule has 2 rings (SSSR count). The first kappa shape index (κ1) is 16.2. The molecule has 0 heterocycles. The molecule has 1 unspecified atom stereocenters. The van der Waals surface area contributed by atoms with Crippen molar-refractivity contribution in [2.75, 3.05) is 13.6 Å². The average Bonchev–Trinajstić information content (AvgIpc) is 2.47. The smallest absolute Gasteiger partial charge is 0.127 e. The zero-order valence-electron chi connectivity index (χ0n) is 11.7. The Morgan fingerprint density at radius 2 is 1.86 bits per heavy atom. The zero-order chi connectivity index (χ0) is 15.4. The molecule has 0 aliphatic rings. The van der Waals surface area contributed by atoms with E-state index in [1.165, 1.54) is 6.07 Å². The number of likely N-dealkylation sites (N-methyl/N-ethyl adjacent to an activating group) is 1. The summed E-state index contributed by atoms with van der Waals surface area (Å²) in [6.45, 7) is 0.808. The van der Waals surface area contributed by atoms with Crippen molar-refractivity contribution < 1.29 is 4.39 Å². The molecule has 0 spiro atoms. The van der Waals surface area contributed by atoms with Gasteiger partial charge >= 0.3 is 0 Å². The van der Waals surface area contributed by atoms with Crippen molar-refractivity contribution in [3.8, 4) is 0 Å². The molecular weight excluding hydrogens is 310 g/mol. The molecule has 0 fully saturated rings. The standard InChI is InChI=1S/C16H17Cl2FN2/c1-21(10-11-5-2-3-8-14(11)19)15(9-20)12-6-4-7-13(17)16(12)18/h2-8,15H,9-10,20H2,1H3. The van der Waals surface area contributed by atoms with E-state index in [-0.39, 0.29) is 11.9 Å². The summed E-state index contributed by atoms with van der Waals surface area (Å²) in [5.41, 5.74) is 7.35. The van der Waals surface area contributed by atoms with Crippen LogP contribution in [-0.4, -0.2) is 18.5 Å². The molecule has 2 aromatic carbocycles. The second-order valence-corrected chi connectivity index (χ2v) is 5.69. The molecule has 0 aliphatic heterocycles. The van der Waals surface area contributed by atoms with Gasteiger partial charge in [-0.1, -0.05) is 53.5 Å². The second kappa shape index (κ2) is 7.23. The number of benzene rings is 2. The largest absolute Gasteiger partial charge is 0.329 e. The van der Waals surface area contributed by atoms with Crippen LogP contribution in [0.4, 0.5) is 4.39 Å². The van der Waals surface area contributed by atoms with Gasteiger partial charge in [-0.15, -0.1) is 0 Å². The van der Waals surface area contributed by atoms with E-state index < -0.39 is 0 Å². The van der Waals surface area contributed by atoms with Crippen molar-refractivity contribution in [2.45, 2.75) is 12.6 Å². The van der Waals surface area contributed by atoms with Crippen LogP contribution in [0, 0.1) is 5.82 Å². The van der Waals surface area contributed by atoms with Gasteiger partial charge < -0.3 is 5.73 Å². The lowest BCUT2D eigenvalue weighted by atomic mass is 10.0. The second-order valence-electron chi connectivity index (χ2n) is 4.90. The summed E-state index contributed by atoms with van der Waals surface area (Å²) in [5, 5.41) is 0.988. The Balaban J connectivity index is 2.25. The Bertz CT molecular complexity index is 619. The lowest BCUT2D eigenvalue weighted by molar-refractivity contribution is 0.238. The van der Waals surface area contributed by atoms with Gasteiger partial charge in [-0.25, -0.2) is 4.39 Å². The molecule has 0 aromatic heterocycles. The zero-order valence-corrected chi connectivity index (χ0v) is 13.2. The van der Waals surface area contributed by atoms with E-state index in [0.717, 1.165) is 5.56 Å². The van der Waals surface area contributed by atoms with Gasteiger partial charge in [0, 0.05) is 24.7 Å². The molecular formula is C16H17Cl2FN2. The van der Waals surface area contributed by atoms with E-state index in [1.807, 2.05) is 30.1 Å². The van der Waals surface area contributed by atoms with Gasteiger partial charge in [0.25, 0.3) is 0 Å². The quantitative estimate of drug-likeness (QED) is 0.889. The highest BCUT2D eigenvalue weighted by molar-refractivity contribution is 6.42. The third-order valence-corrected chi connectivity index (χ3v) is 4.31. The van der Waals surface area contributed by atoms with Crippen LogP contribution in [0.1, 0.15) is 17.2 Å². The molecule has 1 atom stereocenters. The molecule has 0 saturated carbocycles. The van der Waals surface area contributed by atoms with Crippen molar-refractivity contribution in [2.24, 2.45) is 5.73 Å². The van der Waals surface area contributed by atoms with Crippen LogP contribution in [0.25, 0.3) is 0 Å². The number of hydrogen-bond donors (Lipinski definition) is 1. The Labute approximate surface area is 134 Å². The molecule has 21 heavy (non-hydrogen) atoms. The predicted molar refractivity (Wildman–Crippen MR) is 86.1 cm³/mol. The van der Waals surface area contributed by atoms with Crippen LogP contribution in [0.5, 0.6) is 0 Å². The monoisotopic (exact) mass is 326 g/mol. The lowest BCUT2D eigenvalue weighted by Crippen LogP contribution is -2.30. The van der Waals surface area contributed by atoms with Crippen LogP contribution in [-0.2, 0) is 6.54 Å². The summed E-state index contributed by atoms with van der Waals surface area (Å²) in [4.78, 5) is 1.97. The Hall–Kier alpha value is -1.13. The van der Waals surface area contributed by atoms with Gasteiger partial charge in [-0.05, 0) is 24.7 Å². The van der Waals surface area contributed by atoms with Crippen molar-refractivity contribution in [3.05, 3.63) is 69.5 Å². The molecule has 5 heteroatoms. The maximum Gasteiger partial charge on any atom is 0.127 e. The molecule has 0 amide bonds. The average molecular weight is 327 g/mol. The van der Waals surface area contributed by atoms with Crippen molar-refractivity contribution in [1.29, 1.82) is 0 Å². The molecule has 2 aromatic rings. The summed E-state index contributed by atoms with van der Waals surface area (Å²) in [6, 6.07) is 12.0. The Morgan fingerprint density at radius 3 is 2.52 bits per heavy atom. The molecule has 0 aliphatic carbocycles. The molecule has 2 N–H and O–H groups in total. The number of halogens is 3. The summed E-state index contributed by atoms with van der Waals surface area (Å²) in [6.07, 6.45) is 0. The SMILES string of the molecule is CN(Cc1ccccc1F)C(CN)c1cccc(Cl)c1Cl. The minimum atomic E-state index is -0.225. The van der Waals surface area contributed by atoms with Gasteiger partial charge in [0.05, 0.1) is 10.0 Å². The minimum Gasteiger partial charge on any atom is -0.329 e. The summed E-state index contributed by atoms with van der Waals surface area (Å²) < 4.78 is 13.8. The van der Waals surface area contributed by atoms with E-state index in [2.05, 4.69) is 0 Å². The number of rotatable bonds is 5. The van der Waals surface area contributed by atoms with Crippen LogP contribution >= 0.6 is 23.2 Å². The fourth-order valence-electron chi connectivity index (χ4n) is 2.33. The maximum atomic E-state index is 13.8. The third-order valence-electron chi connectivity index (χ3n) is 3.47. The topological polar surface area (TPSA) is 29.3 Å². The minimum absolute atomic E-state index is 0.129. The number of nitrogens with zero attached hydrogens (tertiary/aromatic N) is 1. The third kappa shape index (κ3) is 3.74. The summed E-state index contributed by atoms with van der Waals surface area (Å²) in [7, 11) is 1.89. The first-order valence-corrected chi connectivity index (χ1v) is 7.37. The Kier molecular flexibility index (Phi) is 5.59. The van der Waals surface area contributed by atoms with Crippen molar-refractivity contribution >= 4 is 23.2 Å². The summed E-state index contributed by atoms with van der Waals surface area (Å²) >= 11 is 12.3. The Morgan fingerprint density at radius 1 is 1.14 bits per heavy atom. The predicted octanol–water partition coefficient (Wildman–Crippen LogP) is 4.26. The fraction of sp³-hybridized carbons (Fsp3) is 0.250. The van der Waals surface area contributed by atoms with Gasteiger partial charge in [-0.2, -0.15) is 0 Å². The molecule has 2 nitrogen and oxygen atoms in total. The number of nitrogens with two attached hydrogens (primary N) is 1. The fourth-order valence-corrected chi connectivity index (χ4v) is 2.76. The highest BCUT2D eigenvalue weighted by atomic mass is 35.5. The van der Waals surface area contributed by atoms with Crippen LogP contribution in [0.3, 0.4) is 0 Å². The highest BCUT2D eigenvalue weighted by Crippen LogP contribution is 2.32. The van der Waals surface area contributed by atoms with Gasteiger partial charge in [0.15, 0.2) is 0 Å². The van der Waals surface area contributed by atoms with Crippen molar-refractivity contribution in [1.82, 2.24) is 4.90 Å². The molecule has 0 radical (unpaired) electrons. The van der Waals surface area contributed by atoms with Crippen LogP contribution in [0.15, 0.2) is 42.5 Å². The van der Waals surface area contributed by atoms with Crippen molar-refractivity contribution in [3.63, 3.8) is 0 Å². The summed E-state index contributed by atoms with van der Waals surface area (Å²) in [5.74, 6) is -0.225. The molecule has 112 valence electrons. The van der Waals surface area contributed by atoms with Gasteiger partial charge in [0.1, 0.15) is 5.82 Å². The van der Waals surface area contributed by atoms with E-state index >= 15 is 0 Å².